The first-order valence-electron chi connectivity index (χ1n) is 4.65. The van der Waals surface area contributed by atoms with Crippen molar-refractivity contribution in [1.29, 1.82) is 0 Å². The molecule has 0 spiro atoms. The lowest BCUT2D eigenvalue weighted by Crippen LogP contribution is -2.33. The van der Waals surface area contributed by atoms with Gasteiger partial charge in [-0.05, 0) is 26.2 Å². The quantitative estimate of drug-likeness (QED) is 0.631. The first kappa shape index (κ1) is 12.5. The van der Waals surface area contributed by atoms with Crippen molar-refractivity contribution >= 4 is 18.3 Å². The molecule has 0 saturated heterocycles. The number of rotatable bonds is 2. The van der Waals surface area contributed by atoms with Crippen LogP contribution in [-0.2, 0) is 4.79 Å². The molecule has 0 aromatic heterocycles. The zero-order chi connectivity index (χ0) is 8.97. The van der Waals surface area contributed by atoms with Gasteiger partial charge in [0.1, 0.15) is 0 Å². The van der Waals surface area contributed by atoms with Crippen molar-refractivity contribution in [2.45, 2.75) is 26.2 Å². The molecule has 1 rings (SSSR count). The van der Waals surface area contributed by atoms with Crippen LogP contribution in [0.4, 0.5) is 0 Å². The van der Waals surface area contributed by atoms with E-state index in [9.17, 15) is 4.79 Å². The molecule has 0 aromatic carbocycles. The molecule has 2 nitrogen and oxygen atoms in total. The number of carbonyl (C=O) groups excluding carboxylic acids is 1. The molecule has 0 aromatic rings. The zero-order valence-corrected chi connectivity index (χ0v) is 9.14. The molecule has 1 amide bonds. The standard InChI is InChI=1S/C10H17NO.ClH/c1-3-11(2)10(12)9-7-5-4-6-8-9;/h4-5,9H,3,6-8H2,1-2H3;1H. The Labute approximate surface area is 86.4 Å². The van der Waals surface area contributed by atoms with Crippen LogP contribution in [0, 0.1) is 5.92 Å². The van der Waals surface area contributed by atoms with Crippen molar-refractivity contribution < 1.29 is 4.79 Å². The third-order valence-electron chi connectivity index (χ3n) is 2.47. The summed E-state index contributed by atoms with van der Waals surface area (Å²) in [4.78, 5) is 13.4. The van der Waals surface area contributed by atoms with Crippen molar-refractivity contribution in [2.24, 2.45) is 5.92 Å². The van der Waals surface area contributed by atoms with E-state index < -0.39 is 0 Å². The molecule has 1 aliphatic carbocycles. The Hall–Kier alpha value is -0.500. The Morgan fingerprint density at radius 2 is 2.23 bits per heavy atom. The molecular formula is C10H18ClNO. The second kappa shape index (κ2) is 6.03. The molecule has 0 fully saturated rings. The third-order valence-corrected chi connectivity index (χ3v) is 2.47. The van der Waals surface area contributed by atoms with Gasteiger partial charge < -0.3 is 4.90 Å². The molecule has 76 valence electrons. The summed E-state index contributed by atoms with van der Waals surface area (Å²) in [5.74, 6) is 0.557. The van der Waals surface area contributed by atoms with Crippen LogP contribution < -0.4 is 0 Å². The minimum atomic E-state index is 0. The number of hydrogen-bond acceptors (Lipinski definition) is 1. The van der Waals surface area contributed by atoms with E-state index in [0.29, 0.717) is 5.91 Å². The fraction of sp³-hybridized carbons (Fsp3) is 0.700. The molecular weight excluding hydrogens is 186 g/mol. The van der Waals surface area contributed by atoms with E-state index in [1.807, 2.05) is 18.9 Å². The Kier molecular flexibility index (Phi) is 5.80. The molecule has 0 bridgehead atoms. The third kappa shape index (κ3) is 3.39. The average Bonchev–Trinajstić information content (AvgIpc) is 2.17. The van der Waals surface area contributed by atoms with Gasteiger partial charge in [-0.2, -0.15) is 0 Å². The van der Waals surface area contributed by atoms with E-state index in [4.69, 9.17) is 0 Å². The fourth-order valence-electron chi connectivity index (χ4n) is 1.49. The molecule has 3 heteroatoms. The van der Waals surface area contributed by atoms with Crippen LogP contribution in [0.1, 0.15) is 26.2 Å². The first-order valence-corrected chi connectivity index (χ1v) is 4.65. The van der Waals surface area contributed by atoms with Gasteiger partial charge in [0.25, 0.3) is 0 Å². The summed E-state index contributed by atoms with van der Waals surface area (Å²) in [6.45, 7) is 2.83. The lowest BCUT2D eigenvalue weighted by atomic mass is 9.93. The van der Waals surface area contributed by atoms with Crippen molar-refractivity contribution in [3.63, 3.8) is 0 Å². The highest BCUT2D eigenvalue weighted by molar-refractivity contribution is 5.85. The summed E-state index contributed by atoms with van der Waals surface area (Å²) >= 11 is 0. The monoisotopic (exact) mass is 203 g/mol. The Morgan fingerprint density at radius 3 is 2.69 bits per heavy atom. The van der Waals surface area contributed by atoms with Crippen molar-refractivity contribution in [1.82, 2.24) is 4.90 Å². The summed E-state index contributed by atoms with van der Waals surface area (Å²) < 4.78 is 0. The minimum Gasteiger partial charge on any atom is -0.346 e. The summed E-state index contributed by atoms with van der Waals surface area (Å²) in [6, 6.07) is 0. The molecule has 1 atom stereocenters. The maximum absolute atomic E-state index is 11.6. The van der Waals surface area contributed by atoms with Gasteiger partial charge in [-0.1, -0.05) is 12.2 Å². The Bertz CT molecular complexity index is 191. The zero-order valence-electron chi connectivity index (χ0n) is 8.32. The van der Waals surface area contributed by atoms with E-state index in [1.54, 1.807) is 0 Å². The molecule has 13 heavy (non-hydrogen) atoms. The van der Waals surface area contributed by atoms with E-state index >= 15 is 0 Å². The molecule has 1 aliphatic rings. The van der Waals surface area contributed by atoms with E-state index in [0.717, 1.165) is 25.8 Å². The summed E-state index contributed by atoms with van der Waals surface area (Å²) in [5, 5.41) is 0. The number of halogens is 1. The lowest BCUT2D eigenvalue weighted by molar-refractivity contribution is -0.134. The van der Waals surface area contributed by atoms with Crippen LogP contribution in [-0.4, -0.2) is 24.4 Å². The fourth-order valence-corrected chi connectivity index (χ4v) is 1.49. The predicted molar refractivity (Wildman–Crippen MR) is 57.0 cm³/mol. The first-order chi connectivity index (χ1) is 5.75. The summed E-state index contributed by atoms with van der Waals surface area (Å²) in [7, 11) is 1.88. The predicted octanol–water partition coefficient (Wildman–Crippen LogP) is 2.24. The van der Waals surface area contributed by atoms with Crippen LogP contribution in [0.5, 0.6) is 0 Å². The second-order valence-electron chi connectivity index (χ2n) is 3.33. The molecule has 0 saturated carbocycles. The van der Waals surface area contributed by atoms with Crippen molar-refractivity contribution in [2.75, 3.05) is 13.6 Å². The largest absolute Gasteiger partial charge is 0.346 e. The summed E-state index contributed by atoms with van der Waals surface area (Å²) in [6.07, 6.45) is 7.31. The molecule has 0 N–H and O–H groups in total. The highest BCUT2D eigenvalue weighted by Gasteiger charge is 2.20. The van der Waals surface area contributed by atoms with Crippen LogP contribution in [0.3, 0.4) is 0 Å². The molecule has 0 radical (unpaired) electrons. The minimum absolute atomic E-state index is 0. The van der Waals surface area contributed by atoms with Crippen LogP contribution in [0.15, 0.2) is 12.2 Å². The van der Waals surface area contributed by atoms with Crippen molar-refractivity contribution in [3.8, 4) is 0 Å². The smallest absolute Gasteiger partial charge is 0.225 e. The number of allylic oxidation sites excluding steroid dienone is 2. The number of hydrogen-bond donors (Lipinski definition) is 0. The van der Waals surface area contributed by atoms with Crippen LogP contribution in [0.2, 0.25) is 0 Å². The van der Waals surface area contributed by atoms with Gasteiger partial charge in [0.2, 0.25) is 5.91 Å². The Balaban J connectivity index is 0.00000144. The van der Waals surface area contributed by atoms with E-state index in [-0.39, 0.29) is 18.3 Å². The van der Waals surface area contributed by atoms with E-state index in [1.165, 1.54) is 0 Å². The highest BCUT2D eigenvalue weighted by Crippen LogP contribution is 2.19. The van der Waals surface area contributed by atoms with Crippen LogP contribution in [0.25, 0.3) is 0 Å². The van der Waals surface area contributed by atoms with Gasteiger partial charge >= 0.3 is 0 Å². The highest BCUT2D eigenvalue weighted by atomic mass is 35.5. The maximum Gasteiger partial charge on any atom is 0.225 e. The van der Waals surface area contributed by atoms with Gasteiger partial charge in [0, 0.05) is 19.5 Å². The molecule has 0 aliphatic heterocycles. The second-order valence-corrected chi connectivity index (χ2v) is 3.33. The van der Waals surface area contributed by atoms with Gasteiger partial charge in [0.15, 0.2) is 0 Å². The van der Waals surface area contributed by atoms with Gasteiger partial charge in [0.05, 0.1) is 0 Å². The Morgan fingerprint density at radius 1 is 1.54 bits per heavy atom. The normalized spacial score (nSPS) is 20.6. The topological polar surface area (TPSA) is 20.3 Å². The van der Waals surface area contributed by atoms with Crippen molar-refractivity contribution in [3.05, 3.63) is 12.2 Å². The van der Waals surface area contributed by atoms with Crippen LogP contribution >= 0.6 is 12.4 Å². The SMILES string of the molecule is CCN(C)C(=O)C1CC=CCC1.Cl. The van der Waals surface area contributed by atoms with Gasteiger partial charge in [-0.25, -0.2) is 0 Å². The number of nitrogens with zero attached hydrogens (tertiary/aromatic N) is 1. The number of carbonyl (C=O) groups is 1. The van der Waals surface area contributed by atoms with Gasteiger partial charge in [-0.3, -0.25) is 4.79 Å². The summed E-state index contributed by atoms with van der Waals surface area (Å²) in [5.41, 5.74) is 0. The van der Waals surface area contributed by atoms with E-state index in [2.05, 4.69) is 12.2 Å². The maximum atomic E-state index is 11.6. The molecule has 0 heterocycles. The van der Waals surface area contributed by atoms with Gasteiger partial charge in [-0.15, -0.1) is 12.4 Å². The number of amides is 1. The lowest BCUT2D eigenvalue weighted by Gasteiger charge is -2.23. The molecule has 1 unspecified atom stereocenters. The average molecular weight is 204 g/mol.